The van der Waals surface area contributed by atoms with Crippen molar-refractivity contribution in [2.75, 3.05) is 13.1 Å². The molecule has 0 saturated carbocycles. The summed E-state index contributed by atoms with van der Waals surface area (Å²) < 4.78 is 13.5. The Bertz CT molecular complexity index is 1570. The molecule has 4 aromatic rings. The molecule has 0 unspecified atom stereocenters. The van der Waals surface area contributed by atoms with E-state index in [-0.39, 0.29) is 29.9 Å². The largest absolute Gasteiger partial charge is 0.444 e. The second-order valence-corrected chi connectivity index (χ2v) is 12.3. The summed E-state index contributed by atoms with van der Waals surface area (Å²) in [4.78, 5) is 47.4. The first-order valence-electron chi connectivity index (χ1n) is 12.8. The average molecular weight is 554 g/mol. The Hall–Kier alpha value is -3.31. The quantitative estimate of drug-likeness (QED) is 0.348. The van der Waals surface area contributed by atoms with Gasteiger partial charge in [0.1, 0.15) is 21.1 Å². The molecule has 1 aromatic carbocycles. The molecular formula is C27H31N5O4S2. The fourth-order valence-corrected chi connectivity index (χ4v) is 6.47. The van der Waals surface area contributed by atoms with Crippen molar-refractivity contribution in [1.82, 2.24) is 23.4 Å². The van der Waals surface area contributed by atoms with Gasteiger partial charge in [-0.1, -0.05) is 37.3 Å². The van der Waals surface area contributed by atoms with Crippen molar-refractivity contribution >= 4 is 39.2 Å². The van der Waals surface area contributed by atoms with Crippen LogP contribution in [-0.4, -0.2) is 48.2 Å². The second-order valence-electron chi connectivity index (χ2n) is 10.4. The van der Waals surface area contributed by atoms with Crippen LogP contribution in [0.4, 0.5) is 4.79 Å². The van der Waals surface area contributed by atoms with E-state index in [1.54, 1.807) is 9.47 Å². The van der Waals surface area contributed by atoms with E-state index in [0.29, 0.717) is 42.6 Å². The number of ether oxygens (including phenoxy) is 1. The average Bonchev–Trinajstić information content (AvgIpc) is 3.54. The van der Waals surface area contributed by atoms with Crippen molar-refractivity contribution in [2.24, 2.45) is 0 Å². The lowest BCUT2D eigenvalue weighted by Gasteiger charge is -2.34. The van der Waals surface area contributed by atoms with Crippen molar-refractivity contribution in [2.45, 2.75) is 65.1 Å². The predicted octanol–water partition coefficient (Wildman–Crippen LogP) is 4.93. The lowest BCUT2D eigenvalue weighted by molar-refractivity contribution is 0.0186. The summed E-state index contributed by atoms with van der Waals surface area (Å²) in [6, 6.07) is 11.5. The summed E-state index contributed by atoms with van der Waals surface area (Å²) in [5, 5.41) is 0.725. The van der Waals surface area contributed by atoms with Crippen LogP contribution in [0.3, 0.4) is 0 Å². The zero-order valence-electron chi connectivity index (χ0n) is 22.0. The molecule has 38 heavy (non-hydrogen) atoms. The van der Waals surface area contributed by atoms with Gasteiger partial charge in [-0.3, -0.25) is 13.9 Å². The normalized spacial score (nSPS) is 14.8. The lowest BCUT2D eigenvalue weighted by Crippen LogP contribution is -2.47. The van der Waals surface area contributed by atoms with Crippen molar-refractivity contribution < 1.29 is 9.53 Å². The van der Waals surface area contributed by atoms with Crippen LogP contribution < -0.4 is 11.2 Å². The van der Waals surface area contributed by atoms with Crippen LogP contribution in [0.1, 0.15) is 57.4 Å². The Morgan fingerprint density at radius 3 is 2.47 bits per heavy atom. The topological polar surface area (TPSA) is 99.3 Å². The smallest absolute Gasteiger partial charge is 0.410 e. The van der Waals surface area contributed by atoms with E-state index in [9.17, 15) is 14.4 Å². The molecular weight excluding hydrogens is 522 g/mol. The summed E-state index contributed by atoms with van der Waals surface area (Å²) in [5.74, 6) is 0.743. The summed E-state index contributed by atoms with van der Waals surface area (Å²) >= 11 is 2.68. The fourth-order valence-electron chi connectivity index (χ4n) is 4.65. The highest BCUT2D eigenvalue weighted by Gasteiger charge is 2.30. The molecule has 11 heteroatoms. The van der Waals surface area contributed by atoms with E-state index in [1.807, 2.05) is 64.1 Å². The van der Waals surface area contributed by atoms with Gasteiger partial charge in [-0.05, 0) is 56.8 Å². The molecule has 200 valence electrons. The van der Waals surface area contributed by atoms with Gasteiger partial charge in [-0.25, -0.2) is 14.6 Å². The van der Waals surface area contributed by atoms with E-state index < -0.39 is 5.60 Å². The minimum atomic E-state index is -0.582. The van der Waals surface area contributed by atoms with E-state index >= 15 is 0 Å². The number of piperidine rings is 1. The first-order valence-corrected chi connectivity index (χ1v) is 14.4. The minimum absolute atomic E-state index is 0.245. The fraction of sp³-hybridized carbons (Fsp3) is 0.444. The molecule has 4 heterocycles. The van der Waals surface area contributed by atoms with Crippen molar-refractivity contribution in [1.29, 1.82) is 0 Å². The van der Waals surface area contributed by atoms with E-state index in [4.69, 9.17) is 4.74 Å². The Kier molecular flexibility index (Phi) is 7.23. The number of fused-ring (bicyclic) bond motifs is 1. The number of carbonyl (C=O) groups is 1. The standard InChI is InChI=1S/C27H31N5O4S2/c1-5-21-28-22(38-29-21)16-31-19-15-20(17-9-7-6-8-10-17)37-23(19)24(33)32(25(31)34)18-11-13-30(14-12-18)26(35)36-27(2,3)4/h6-10,15,18H,5,11-14,16H2,1-4H3. The number of nitrogens with zero attached hydrogens (tertiary/aromatic N) is 5. The number of likely N-dealkylation sites (tertiary alicyclic amines) is 1. The third kappa shape index (κ3) is 5.30. The molecule has 0 aliphatic carbocycles. The van der Waals surface area contributed by atoms with Crippen LogP contribution in [0.2, 0.25) is 0 Å². The Balaban J connectivity index is 1.54. The summed E-state index contributed by atoms with van der Waals surface area (Å²) in [7, 11) is 0. The van der Waals surface area contributed by atoms with E-state index in [2.05, 4.69) is 9.36 Å². The monoisotopic (exact) mass is 553 g/mol. The van der Waals surface area contributed by atoms with Gasteiger partial charge >= 0.3 is 11.8 Å². The number of aryl methyl sites for hydroxylation is 1. The SMILES string of the molecule is CCc1nsc(Cn2c(=O)n(C3CCN(C(=O)OC(C)(C)C)CC3)c(=O)c3sc(-c4ccccc4)cc32)n1. The van der Waals surface area contributed by atoms with Crippen molar-refractivity contribution in [3.8, 4) is 10.4 Å². The van der Waals surface area contributed by atoms with Gasteiger partial charge in [0, 0.05) is 30.4 Å². The third-order valence-electron chi connectivity index (χ3n) is 6.51. The predicted molar refractivity (Wildman–Crippen MR) is 150 cm³/mol. The number of benzene rings is 1. The molecule has 1 fully saturated rings. The number of hydrogen-bond donors (Lipinski definition) is 0. The lowest BCUT2D eigenvalue weighted by atomic mass is 10.1. The van der Waals surface area contributed by atoms with Crippen LogP contribution in [0.5, 0.6) is 0 Å². The highest BCUT2D eigenvalue weighted by Crippen LogP contribution is 2.32. The molecule has 0 radical (unpaired) electrons. The highest BCUT2D eigenvalue weighted by molar-refractivity contribution is 7.22. The van der Waals surface area contributed by atoms with Gasteiger partial charge in [-0.15, -0.1) is 11.3 Å². The molecule has 5 rings (SSSR count). The van der Waals surface area contributed by atoms with Gasteiger partial charge < -0.3 is 9.64 Å². The zero-order valence-corrected chi connectivity index (χ0v) is 23.6. The Labute approximate surface area is 228 Å². The molecule has 0 spiro atoms. The number of thiophene rings is 1. The highest BCUT2D eigenvalue weighted by atomic mass is 32.1. The number of carbonyl (C=O) groups excluding carboxylic acids is 1. The third-order valence-corrected chi connectivity index (χ3v) is 8.41. The molecule has 0 atom stereocenters. The second kappa shape index (κ2) is 10.5. The molecule has 1 aliphatic heterocycles. The zero-order chi connectivity index (χ0) is 27.0. The number of rotatable bonds is 5. The maximum atomic E-state index is 13.9. The van der Waals surface area contributed by atoms with Gasteiger partial charge in [0.2, 0.25) is 0 Å². The van der Waals surface area contributed by atoms with Crippen molar-refractivity contribution in [3.05, 3.63) is 68.1 Å². The van der Waals surface area contributed by atoms with Crippen molar-refractivity contribution in [3.63, 3.8) is 0 Å². The number of hydrogen-bond acceptors (Lipinski definition) is 8. The minimum Gasteiger partial charge on any atom is -0.444 e. The number of aromatic nitrogens is 4. The van der Waals surface area contributed by atoms with Crippen LogP contribution in [0.25, 0.3) is 20.7 Å². The van der Waals surface area contributed by atoms with Crippen LogP contribution in [-0.2, 0) is 17.7 Å². The van der Waals surface area contributed by atoms with Gasteiger partial charge in [0.25, 0.3) is 5.56 Å². The van der Waals surface area contributed by atoms with Crippen LogP contribution >= 0.6 is 22.9 Å². The summed E-state index contributed by atoms with van der Waals surface area (Å²) in [5.41, 5.74) is 0.384. The maximum absolute atomic E-state index is 13.9. The molecule has 9 nitrogen and oxygen atoms in total. The Morgan fingerprint density at radius 2 is 1.84 bits per heavy atom. The van der Waals surface area contributed by atoms with Gasteiger partial charge in [0.15, 0.2) is 0 Å². The van der Waals surface area contributed by atoms with Crippen LogP contribution in [0, 0.1) is 0 Å². The molecule has 1 amide bonds. The molecule has 0 bridgehead atoms. The van der Waals surface area contributed by atoms with Crippen LogP contribution in [0.15, 0.2) is 46.0 Å². The number of amides is 1. The summed E-state index contributed by atoms with van der Waals surface area (Å²) in [6.45, 7) is 8.57. The molecule has 1 saturated heterocycles. The molecule has 3 aromatic heterocycles. The van der Waals surface area contributed by atoms with E-state index in [1.165, 1.54) is 27.4 Å². The molecule has 1 aliphatic rings. The maximum Gasteiger partial charge on any atom is 0.410 e. The van der Waals surface area contributed by atoms with Gasteiger partial charge in [-0.2, -0.15) is 4.37 Å². The first kappa shape index (κ1) is 26.3. The van der Waals surface area contributed by atoms with Gasteiger partial charge in [0.05, 0.1) is 12.1 Å². The summed E-state index contributed by atoms with van der Waals surface area (Å²) in [6.07, 6.45) is 1.34. The van der Waals surface area contributed by atoms with E-state index in [0.717, 1.165) is 21.3 Å². The first-order chi connectivity index (χ1) is 18.1. The Morgan fingerprint density at radius 1 is 1.13 bits per heavy atom. The molecule has 0 N–H and O–H groups in total.